The number of rotatable bonds is 6. The van der Waals surface area contributed by atoms with Gasteiger partial charge in [-0.3, -0.25) is 4.79 Å². The molecular weight excluding hydrogens is 282 g/mol. The maximum Gasteiger partial charge on any atom is 0.305 e. The lowest BCUT2D eigenvalue weighted by molar-refractivity contribution is -0.140. The van der Waals surface area contributed by atoms with E-state index in [1.54, 1.807) is 0 Å². The van der Waals surface area contributed by atoms with Crippen molar-refractivity contribution in [2.24, 2.45) is 0 Å². The van der Waals surface area contributed by atoms with E-state index in [4.69, 9.17) is 0 Å². The molecule has 94 valence electrons. The Bertz CT molecular complexity index is 351. The molecule has 1 rings (SSSR count). The molecule has 0 aliphatic rings. The van der Waals surface area contributed by atoms with E-state index in [9.17, 15) is 4.79 Å². The van der Waals surface area contributed by atoms with Crippen LogP contribution in [0, 0.1) is 0 Å². The molecule has 0 amide bonds. The maximum absolute atomic E-state index is 10.9. The molecule has 0 aliphatic carbocycles. The van der Waals surface area contributed by atoms with Gasteiger partial charge in [0.1, 0.15) is 0 Å². The normalized spacial score (nSPS) is 12.2. The summed E-state index contributed by atoms with van der Waals surface area (Å²) in [4.78, 5) is 10.9. The van der Waals surface area contributed by atoms with Gasteiger partial charge in [-0.05, 0) is 37.6 Å². The number of methoxy groups -OCH3 is 1. The SMILES string of the molecule is COC(=O)CCCNC(C)c1ccc(Br)cc1. The molecular formula is C13H18BrNO2. The van der Waals surface area contributed by atoms with Crippen molar-refractivity contribution in [3.8, 4) is 0 Å². The highest BCUT2D eigenvalue weighted by molar-refractivity contribution is 9.10. The van der Waals surface area contributed by atoms with Gasteiger partial charge in [0.2, 0.25) is 0 Å². The topological polar surface area (TPSA) is 38.3 Å². The first-order valence-corrected chi connectivity index (χ1v) is 6.48. The average molecular weight is 300 g/mol. The van der Waals surface area contributed by atoms with Crippen LogP contribution < -0.4 is 5.32 Å². The quantitative estimate of drug-likeness (QED) is 0.648. The highest BCUT2D eigenvalue weighted by Gasteiger charge is 2.05. The summed E-state index contributed by atoms with van der Waals surface area (Å²) in [6, 6.07) is 8.52. The second-order valence-corrected chi connectivity index (χ2v) is 4.82. The lowest BCUT2D eigenvalue weighted by atomic mass is 10.1. The van der Waals surface area contributed by atoms with E-state index in [0.717, 1.165) is 17.4 Å². The van der Waals surface area contributed by atoms with E-state index in [2.05, 4.69) is 45.0 Å². The second-order valence-electron chi connectivity index (χ2n) is 3.91. The third-order valence-corrected chi connectivity index (χ3v) is 3.13. The van der Waals surface area contributed by atoms with Gasteiger partial charge in [-0.1, -0.05) is 28.1 Å². The molecule has 0 radical (unpaired) electrons. The van der Waals surface area contributed by atoms with E-state index in [0.29, 0.717) is 12.5 Å². The number of carbonyl (C=O) groups excluding carboxylic acids is 1. The fourth-order valence-corrected chi connectivity index (χ4v) is 1.79. The summed E-state index contributed by atoms with van der Waals surface area (Å²) in [5, 5.41) is 3.37. The van der Waals surface area contributed by atoms with Crippen LogP contribution in [0.15, 0.2) is 28.7 Å². The Balaban J connectivity index is 2.27. The summed E-state index contributed by atoms with van der Waals surface area (Å²) in [5.74, 6) is -0.150. The summed E-state index contributed by atoms with van der Waals surface area (Å²) in [5.41, 5.74) is 1.24. The van der Waals surface area contributed by atoms with Gasteiger partial charge < -0.3 is 10.1 Å². The number of halogens is 1. The van der Waals surface area contributed by atoms with Gasteiger partial charge >= 0.3 is 5.97 Å². The van der Waals surface area contributed by atoms with Crippen molar-refractivity contribution in [1.29, 1.82) is 0 Å². The Morgan fingerprint density at radius 1 is 1.41 bits per heavy atom. The summed E-state index contributed by atoms with van der Waals surface area (Å²) in [6.45, 7) is 2.92. The zero-order valence-electron chi connectivity index (χ0n) is 10.2. The highest BCUT2D eigenvalue weighted by Crippen LogP contribution is 2.16. The zero-order valence-corrected chi connectivity index (χ0v) is 11.8. The number of hydrogen-bond acceptors (Lipinski definition) is 3. The Labute approximate surface area is 111 Å². The molecule has 0 bridgehead atoms. The van der Waals surface area contributed by atoms with Crippen LogP contribution in [-0.4, -0.2) is 19.6 Å². The molecule has 0 saturated heterocycles. The highest BCUT2D eigenvalue weighted by atomic mass is 79.9. The number of carbonyl (C=O) groups is 1. The largest absolute Gasteiger partial charge is 0.469 e. The van der Waals surface area contributed by atoms with E-state index in [1.165, 1.54) is 12.7 Å². The van der Waals surface area contributed by atoms with Crippen molar-refractivity contribution in [2.45, 2.75) is 25.8 Å². The number of esters is 1. The van der Waals surface area contributed by atoms with Crippen LogP contribution in [0.3, 0.4) is 0 Å². The zero-order chi connectivity index (χ0) is 12.7. The lowest BCUT2D eigenvalue weighted by Crippen LogP contribution is -2.20. The van der Waals surface area contributed by atoms with Crippen LogP contribution in [0.2, 0.25) is 0 Å². The number of hydrogen-bond donors (Lipinski definition) is 1. The van der Waals surface area contributed by atoms with Gasteiger partial charge in [-0.25, -0.2) is 0 Å². The number of nitrogens with one attached hydrogen (secondary N) is 1. The lowest BCUT2D eigenvalue weighted by Gasteiger charge is -2.14. The van der Waals surface area contributed by atoms with Crippen LogP contribution in [0.5, 0.6) is 0 Å². The fraction of sp³-hybridized carbons (Fsp3) is 0.462. The number of benzene rings is 1. The summed E-state index contributed by atoms with van der Waals surface area (Å²) < 4.78 is 5.67. The number of ether oxygens (including phenoxy) is 1. The standard InChI is InChI=1S/C13H18BrNO2/c1-10(11-5-7-12(14)8-6-11)15-9-3-4-13(16)17-2/h5-8,10,15H,3-4,9H2,1-2H3. The molecule has 1 unspecified atom stereocenters. The first-order chi connectivity index (χ1) is 8.13. The minimum Gasteiger partial charge on any atom is -0.469 e. The van der Waals surface area contributed by atoms with Crippen molar-refractivity contribution < 1.29 is 9.53 Å². The van der Waals surface area contributed by atoms with Crippen molar-refractivity contribution in [1.82, 2.24) is 5.32 Å². The van der Waals surface area contributed by atoms with Gasteiger partial charge in [-0.15, -0.1) is 0 Å². The molecule has 0 saturated carbocycles. The first-order valence-electron chi connectivity index (χ1n) is 5.69. The third kappa shape index (κ3) is 5.33. The molecule has 1 aromatic rings. The fourth-order valence-electron chi connectivity index (χ4n) is 1.52. The molecule has 1 atom stereocenters. The molecule has 17 heavy (non-hydrogen) atoms. The minimum atomic E-state index is -0.150. The average Bonchev–Trinajstić information content (AvgIpc) is 2.34. The molecule has 0 spiro atoms. The Kier molecular flexibility index (Phi) is 6.22. The molecule has 1 aromatic carbocycles. The predicted octanol–water partition coefficient (Wildman–Crippen LogP) is 3.05. The van der Waals surface area contributed by atoms with E-state index < -0.39 is 0 Å². The molecule has 3 nitrogen and oxygen atoms in total. The van der Waals surface area contributed by atoms with Crippen molar-refractivity contribution in [2.75, 3.05) is 13.7 Å². The van der Waals surface area contributed by atoms with E-state index in [-0.39, 0.29) is 5.97 Å². The predicted molar refractivity (Wildman–Crippen MR) is 71.8 cm³/mol. The second kappa shape index (κ2) is 7.45. The Hall–Kier alpha value is -0.870. The summed E-state index contributed by atoms with van der Waals surface area (Å²) in [6.07, 6.45) is 1.27. The van der Waals surface area contributed by atoms with Gasteiger partial charge in [0.05, 0.1) is 7.11 Å². The summed E-state index contributed by atoms with van der Waals surface area (Å²) in [7, 11) is 1.42. The van der Waals surface area contributed by atoms with E-state index >= 15 is 0 Å². The van der Waals surface area contributed by atoms with Gasteiger partial charge in [0.15, 0.2) is 0 Å². The summed E-state index contributed by atoms with van der Waals surface area (Å²) >= 11 is 3.41. The first kappa shape index (κ1) is 14.2. The van der Waals surface area contributed by atoms with Crippen LogP contribution in [0.4, 0.5) is 0 Å². The molecule has 0 fully saturated rings. The Morgan fingerprint density at radius 3 is 2.65 bits per heavy atom. The minimum absolute atomic E-state index is 0.150. The smallest absolute Gasteiger partial charge is 0.305 e. The maximum atomic E-state index is 10.9. The molecule has 4 heteroatoms. The third-order valence-electron chi connectivity index (χ3n) is 2.61. The van der Waals surface area contributed by atoms with Crippen molar-refractivity contribution in [3.63, 3.8) is 0 Å². The Morgan fingerprint density at radius 2 is 2.06 bits per heavy atom. The molecule has 0 aliphatic heterocycles. The molecule has 1 N–H and O–H groups in total. The van der Waals surface area contributed by atoms with Gasteiger partial charge in [0.25, 0.3) is 0 Å². The van der Waals surface area contributed by atoms with Crippen LogP contribution in [-0.2, 0) is 9.53 Å². The van der Waals surface area contributed by atoms with Crippen LogP contribution in [0.25, 0.3) is 0 Å². The van der Waals surface area contributed by atoms with Crippen molar-refractivity contribution >= 4 is 21.9 Å². The van der Waals surface area contributed by atoms with Crippen molar-refractivity contribution in [3.05, 3.63) is 34.3 Å². The van der Waals surface area contributed by atoms with E-state index in [1.807, 2.05) is 12.1 Å². The van der Waals surface area contributed by atoms with Crippen LogP contribution >= 0.6 is 15.9 Å². The molecule has 0 heterocycles. The van der Waals surface area contributed by atoms with Gasteiger partial charge in [-0.2, -0.15) is 0 Å². The monoisotopic (exact) mass is 299 g/mol. The van der Waals surface area contributed by atoms with Crippen LogP contribution in [0.1, 0.15) is 31.4 Å². The van der Waals surface area contributed by atoms with Gasteiger partial charge in [0, 0.05) is 16.9 Å². The molecule has 0 aromatic heterocycles.